The van der Waals surface area contributed by atoms with E-state index in [0.717, 1.165) is 65.5 Å². The number of thiazole rings is 1. The van der Waals surface area contributed by atoms with Crippen molar-refractivity contribution in [2.24, 2.45) is 0 Å². The number of hydrogen-bond acceptors (Lipinski definition) is 6. The van der Waals surface area contributed by atoms with Crippen LogP contribution in [0.5, 0.6) is 5.75 Å². The van der Waals surface area contributed by atoms with Crippen LogP contribution in [0.25, 0.3) is 0 Å². The van der Waals surface area contributed by atoms with E-state index in [1.54, 1.807) is 16.8 Å². The number of ether oxygens (including phenoxy) is 1. The second-order valence-electron chi connectivity index (χ2n) is 8.34. The maximum absolute atomic E-state index is 11.5. The molecule has 0 bridgehead atoms. The highest BCUT2D eigenvalue weighted by Gasteiger charge is 2.57. The molecule has 3 aromatic rings. The number of aliphatic carboxylic acids is 1. The number of rotatable bonds is 8. The van der Waals surface area contributed by atoms with Gasteiger partial charge in [-0.1, -0.05) is 12.1 Å². The number of nitrogens with one attached hydrogen (secondary N) is 1. The molecule has 160 valence electrons. The normalized spacial score (nSPS) is 21.7. The largest absolute Gasteiger partial charge is 0.493 e. The molecule has 0 spiro atoms. The molecule has 1 aromatic carbocycles. The van der Waals surface area contributed by atoms with E-state index in [9.17, 15) is 9.90 Å². The summed E-state index contributed by atoms with van der Waals surface area (Å²) >= 11 is 1.54. The van der Waals surface area contributed by atoms with Gasteiger partial charge in [0.25, 0.3) is 0 Å². The molecular weight excluding hydrogens is 410 g/mol. The van der Waals surface area contributed by atoms with Crippen LogP contribution in [0.15, 0.2) is 48.1 Å². The maximum Gasteiger partial charge on any atom is 0.304 e. The number of aryl methyl sites for hydroxylation is 1. The third-order valence-electron chi connectivity index (χ3n) is 6.31. The minimum absolute atomic E-state index is 0.140. The summed E-state index contributed by atoms with van der Waals surface area (Å²) in [4.78, 5) is 21.4. The van der Waals surface area contributed by atoms with E-state index in [2.05, 4.69) is 34.6 Å². The van der Waals surface area contributed by atoms with Gasteiger partial charge >= 0.3 is 5.97 Å². The number of pyridine rings is 1. The third-order valence-corrected chi connectivity index (χ3v) is 7.31. The summed E-state index contributed by atoms with van der Waals surface area (Å²) in [5, 5.41) is 12.8. The number of carboxylic acid groups (broad SMARTS) is 1. The van der Waals surface area contributed by atoms with Crippen LogP contribution in [0.3, 0.4) is 0 Å². The van der Waals surface area contributed by atoms with Crippen LogP contribution in [0.2, 0.25) is 0 Å². The fourth-order valence-corrected chi connectivity index (χ4v) is 5.50. The Bertz CT molecular complexity index is 1070. The fourth-order valence-electron chi connectivity index (χ4n) is 4.61. The summed E-state index contributed by atoms with van der Waals surface area (Å²) in [5.41, 5.74) is 5.99. The quantitative estimate of drug-likeness (QED) is 0.545. The van der Waals surface area contributed by atoms with Gasteiger partial charge in [-0.25, -0.2) is 0 Å². The first kappa shape index (κ1) is 20.0. The zero-order valence-electron chi connectivity index (χ0n) is 17.2. The number of fused-ring (bicyclic) bond motifs is 1. The smallest absolute Gasteiger partial charge is 0.304 e. The Balaban J connectivity index is 1.19. The molecular formula is C24H25N3O3S. The molecule has 7 heteroatoms. The van der Waals surface area contributed by atoms with Crippen LogP contribution in [-0.4, -0.2) is 34.2 Å². The number of nitrogens with zero attached hydrogens (tertiary/aromatic N) is 2. The zero-order chi connectivity index (χ0) is 21.3. The molecule has 31 heavy (non-hydrogen) atoms. The third kappa shape index (κ3) is 4.14. The van der Waals surface area contributed by atoms with Crippen molar-refractivity contribution in [3.8, 4) is 5.75 Å². The average Bonchev–Trinajstić information content (AvgIpc) is 3.21. The summed E-state index contributed by atoms with van der Waals surface area (Å²) in [6, 6.07) is 12.3. The van der Waals surface area contributed by atoms with Crippen LogP contribution in [0, 0.1) is 0 Å². The Labute approximate surface area is 185 Å². The molecule has 2 atom stereocenters. The Kier molecular flexibility index (Phi) is 5.36. The summed E-state index contributed by atoms with van der Waals surface area (Å²) in [6.07, 6.45) is 5.73. The van der Waals surface area contributed by atoms with E-state index in [4.69, 9.17) is 9.72 Å². The van der Waals surface area contributed by atoms with Gasteiger partial charge in [-0.2, -0.15) is 0 Å². The van der Waals surface area contributed by atoms with Crippen molar-refractivity contribution in [3.05, 3.63) is 69.9 Å². The molecule has 1 aliphatic carbocycles. The van der Waals surface area contributed by atoms with Crippen LogP contribution in [0.4, 0.5) is 5.69 Å². The van der Waals surface area contributed by atoms with Crippen molar-refractivity contribution < 1.29 is 14.6 Å². The Morgan fingerprint density at radius 2 is 2.13 bits per heavy atom. The lowest BCUT2D eigenvalue weighted by molar-refractivity contribution is -0.137. The second-order valence-corrected chi connectivity index (χ2v) is 9.23. The van der Waals surface area contributed by atoms with Gasteiger partial charge in [0.1, 0.15) is 5.75 Å². The molecule has 1 fully saturated rings. The summed E-state index contributed by atoms with van der Waals surface area (Å²) < 4.78 is 5.94. The van der Waals surface area contributed by atoms with E-state index < -0.39 is 5.97 Å². The standard InChI is InChI=1S/C24H25N3O3S/c28-23(29)13-24(22-14-25-15-31-22)12-19(24)16-3-6-18(7-4-16)30-11-9-17-5-8-20-21(27-17)2-1-10-26-20/h3-8,14-15,19,26H,1-2,9-13H2,(H,28,29). The number of anilines is 1. The number of carboxylic acids is 1. The molecule has 1 saturated carbocycles. The van der Waals surface area contributed by atoms with E-state index >= 15 is 0 Å². The van der Waals surface area contributed by atoms with Crippen molar-refractivity contribution in [2.45, 2.75) is 43.4 Å². The monoisotopic (exact) mass is 435 g/mol. The van der Waals surface area contributed by atoms with Crippen molar-refractivity contribution in [1.29, 1.82) is 0 Å². The lowest BCUT2D eigenvalue weighted by atomic mass is 9.94. The van der Waals surface area contributed by atoms with E-state index in [0.29, 0.717) is 6.61 Å². The van der Waals surface area contributed by atoms with Crippen LogP contribution in [0.1, 0.15) is 47.0 Å². The van der Waals surface area contributed by atoms with E-state index in [1.165, 1.54) is 0 Å². The minimum Gasteiger partial charge on any atom is -0.493 e. The molecule has 2 N–H and O–H groups in total. The number of carbonyl (C=O) groups is 1. The van der Waals surface area contributed by atoms with Gasteiger partial charge in [-0.15, -0.1) is 11.3 Å². The molecule has 0 saturated heterocycles. The molecule has 2 unspecified atom stereocenters. The SMILES string of the molecule is O=C(O)CC1(c2cncs2)CC1c1ccc(OCCc2ccc3c(n2)CCCN3)cc1. The maximum atomic E-state index is 11.5. The molecule has 2 aromatic heterocycles. The Hall–Kier alpha value is -2.93. The number of hydrogen-bond donors (Lipinski definition) is 2. The fraction of sp³-hybridized carbons (Fsp3) is 0.375. The topological polar surface area (TPSA) is 84.3 Å². The van der Waals surface area contributed by atoms with Gasteiger partial charge in [-0.05, 0) is 55.0 Å². The second kappa shape index (κ2) is 8.30. The molecule has 1 aliphatic heterocycles. The first-order chi connectivity index (χ1) is 15.1. The van der Waals surface area contributed by atoms with Gasteiger partial charge in [0.15, 0.2) is 0 Å². The van der Waals surface area contributed by atoms with Crippen LogP contribution < -0.4 is 10.1 Å². The van der Waals surface area contributed by atoms with Crippen molar-refractivity contribution in [2.75, 3.05) is 18.5 Å². The molecule has 5 rings (SSSR count). The lowest BCUT2D eigenvalue weighted by Gasteiger charge is -2.17. The highest BCUT2D eigenvalue weighted by Crippen LogP contribution is 2.63. The van der Waals surface area contributed by atoms with Crippen molar-refractivity contribution in [1.82, 2.24) is 9.97 Å². The predicted octanol–water partition coefficient (Wildman–Crippen LogP) is 4.42. The summed E-state index contributed by atoms with van der Waals surface area (Å²) in [5.74, 6) is 0.277. The molecule has 0 amide bonds. The van der Waals surface area contributed by atoms with Crippen LogP contribution >= 0.6 is 11.3 Å². The lowest BCUT2D eigenvalue weighted by Crippen LogP contribution is -2.14. The highest BCUT2D eigenvalue weighted by molar-refractivity contribution is 7.09. The predicted molar refractivity (Wildman–Crippen MR) is 120 cm³/mol. The van der Waals surface area contributed by atoms with E-state index in [-0.39, 0.29) is 17.8 Å². The molecule has 3 heterocycles. The summed E-state index contributed by atoms with van der Waals surface area (Å²) in [6.45, 7) is 1.60. The van der Waals surface area contributed by atoms with Crippen molar-refractivity contribution in [3.63, 3.8) is 0 Å². The van der Waals surface area contributed by atoms with E-state index in [1.807, 2.05) is 18.3 Å². The first-order valence-electron chi connectivity index (χ1n) is 10.7. The number of benzene rings is 1. The molecule has 2 aliphatic rings. The Morgan fingerprint density at radius 1 is 1.26 bits per heavy atom. The summed E-state index contributed by atoms with van der Waals surface area (Å²) in [7, 11) is 0. The number of aromatic nitrogens is 2. The first-order valence-corrected chi connectivity index (χ1v) is 11.6. The molecule has 6 nitrogen and oxygen atoms in total. The molecule has 0 radical (unpaired) electrons. The van der Waals surface area contributed by atoms with Gasteiger partial charge in [0.2, 0.25) is 0 Å². The zero-order valence-corrected chi connectivity index (χ0v) is 18.0. The minimum atomic E-state index is -0.762. The van der Waals surface area contributed by atoms with Gasteiger partial charge in [-0.3, -0.25) is 14.8 Å². The Morgan fingerprint density at radius 3 is 2.90 bits per heavy atom. The van der Waals surface area contributed by atoms with Crippen LogP contribution in [-0.2, 0) is 23.1 Å². The van der Waals surface area contributed by atoms with Gasteiger partial charge in [0, 0.05) is 35.1 Å². The van der Waals surface area contributed by atoms with Crippen molar-refractivity contribution >= 4 is 23.0 Å². The van der Waals surface area contributed by atoms with Gasteiger partial charge < -0.3 is 15.2 Å². The average molecular weight is 436 g/mol. The highest BCUT2D eigenvalue weighted by atomic mass is 32.1. The van der Waals surface area contributed by atoms with Gasteiger partial charge in [0.05, 0.1) is 29.9 Å².